The van der Waals surface area contributed by atoms with Gasteiger partial charge in [0.25, 0.3) is 5.91 Å². The molecule has 3 rings (SSSR count). The molecular weight excluding hydrogens is 266 g/mol. The Morgan fingerprint density at radius 3 is 2.62 bits per heavy atom. The van der Waals surface area contributed by atoms with E-state index in [4.69, 9.17) is 5.73 Å². The quantitative estimate of drug-likeness (QED) is 0.854. The number of carbonyl (C=O) groups excluding carboxylic acids is 1. The number of nitrogens with zero attached hydrogens (tertiary/aromatic N) is 4. The van der Waals surface area contributed by atoms with Gasteiger partial charge in [-0.05, 0) is 39.3 Å². The van der Waals surface area contributed by atoms with Gasteiger partial charge in [-0.3, -0.25) is 14.4 Å². The van der Waals surface area contributed by atoms with Crippen LogP contribution in [0.2, 0.25) is 0 Å². The summed E-state index contributed by atoms with van der Waals surface area (Å²) in [4.78, 5) is 17.1. The van der Waals surface area contributed by atoms with Crippen LogP contribution in [-0.4, -0.2) is 63.8 Å². The van der Waals surface area contributed by atoms with E-state index in [0.29, 0.717) is 12.1 Å². The number of aryl methyl sites for hydroxylation is 1. The van der Waals surface area contributed by atoms with E-state index in [1.165, 1.54) is 0 Å². The number of hydrogen-bond acceptors (Lipinski definition) is 4. The van der Waals surface area contributed by atoms with Gasteiger partial charge in [0.15, 0.2) is 0 Å². The van der Waals surface area contributed by atoms with Crippen LogP contribution in [0.15, 0.2) is 6.20 Å². The maximum Gasteiger partial charge on any atom is 0.257 e. The summed E-state index contributed by atoms with van der Waals surface area (Å²) in [6, 6.07) is 0.858. The SMILES string of the molecule is Cc1c(C(=O)N2CCC(N3CCC(N)CC3)C2)cnn1C. The lowest BCUT2D eigenvalue weighted by Gasteiger charge is -2.34. The van der Waals surface area contributed by atoms with Crippen LogP contribution in [0.5, 0.6) is 0 Å². The molecule has 2 aliphatic heterocycles. The Bertz CT molecular complexity index is 518. The molecule has 0 saturated carbocycles. The van der Waals surface area contributed by atoms with Crippen LogP contribution in [0, 0.1) is 6.92 Å². The van der Waals surface area contributed by atoms with E-state index < -0.39 is 0 Å². The second-order valence-electron chi connectivity index (χ2n) is 6.33. The van der Waals surface area contributed by atoms with Gasteiger partial charge in [0.05, 0.1) is 11.8 Å². The molecule has 0 bridgehead atoms. The van der Waals surface area contributed by atoms with Gasteiger partial charge >= 0.3 is 0 Å². The summed E-state index contributed by atoms with van der Waals surface area (Å²) in [5, 5.41) is 4.17. The van der Waals surface area contributed by atoms with E-state index >= 15 is 0 Å². The van der Waals surface area contributed by atoms with Crippen molar-refractivity contribution in [1.82, 2.24) is 19.6 Å². The zero-order chi connectivity index (χ0) is 15.0. The van der Waals surface area contributed by atoms with Crippen LogP contribution in [-0.2, 0) is 7.05 Å². The number of aromatic nitrogens is 2. The highest BCUT2D eigenvalue weighted by molar-refractivity contribution is 5.95. The van der Waals surface area contributed by atoms with E-state index in [1.807, 2.05) is 18.9 Å². The molecule has 21 heavy (non-hydrogen) atoms. The van der Waals surface area contributed by atoms with E-state index in [1.54, 1.807) is 10.9 Å². The standard InChI is InChI=1S/C15H25N5O/c1-11-14(9-17-18(11)2)15(21)20-8-5-13(10-20)19-6-3-12(16)4-7-19/h9,12-13H,3-8,10,16H2,1-2H3. The van der Waals surface area contributed by atoms with Crippen molar-refractivity contribution in [2.45, 2.75) is 38.3 Å². The fourth-order valence-corrected chi connectivity index (χ4v) is 3.39. The minimum absolute atomic E-state index is 0.122. The van der Waals surface area contributed by atoms with Crippen LogP contribution in [0.3, 0.4) is 0 Å². The van der Waals surface area contributed by atoms with Crippen LogP contribution in [0.25, 0.3) is 0 Å². The van der Waals surface area contributed by atoms with Crippen molar-refractivity contribution in [3.63, 3.8) is 0 Å². The van der Waals surface area contributed by atoms with Gasteiger partial charge in [-0.1, -0.05) is 0 Å². The number of hydrogen-bond donors (Lipinski definition) is 1. The molecule has 0 aromatic carbocycles. The summed E-state index contributed by atoms with van der Waals surface area (Å²) < 4.78 is 1.76. The molecule has 1 unspecified atom stereocenters. The molecule has 0 aliphatic carbocycles. The molecule has 116 valence electrons. The van der Waals surface area contributed by atoms with Gasteiger partial charge < -0.3 is 10.6 Å². The first-order valence-corrected chi connectivity index (χ1v) is 7.83. The molecule has 0 spiro atoms. The Labute approximate surface area is 125 Å². The number of carbonyl (C=O) groups is 1. The number of amides is 1. The molecule has 6 nitrogen and oxygen atoms in total. The Hall–Kier alpha value is -1.40. The first kappa shape index (κ1) is 14.5. The zero-order valence-electron chi connectivity index (χ0n) is 13.0. The lowest BCUT2D eigenvalue weighted by molar-refractivity contribution is 0.0768. The summed E-state index contributed by atoms with van der Waals surface area (Å²) in [7, 11) is 1.87. The van der Waals surface area contributed by atoms with Crippen LogP contribution in [0.1, 0.15) is 35.3 Å². The second-order valence-corrected chi connectivity index (χ2v) is 6.33. The molecule has 1 atom stereocenters. The molecule has 1 aromatic rings. The third-order valence-electron chi connectivity index (χ3n) is 5.01. The first-order chi connectivity index (χ1) is 10.1. The van der Waals surface area contributed by atoms with Crippen molar-refractivity contribution in [1.29, 1.82) is 0 Å². The number of rotatable bonds is 2. The highest BCUT2D eigenvalue weighted by Gasteiger charge is 2.33. The van der Waals surface area contributed by atoms with Gasteiger partial charge in [-0.15, -0.1) is 0 Å². The van der Waals surface area contributed by atoms with E-state index in [9.17, 15) is 4.79 Å². The molecule has 2 saturated heterocycles. The van der Waals surface area contributed by atoms with Crippen molar-refractivity contribution in [3.8, 4) is 0 Å². The monoisotopic (exact) mass is 291 g/mol. The maximum absolute atomic E-state index is 12.6. The zero-order valence-corrected chi connectivity index (χ0v) is 13.0. The number of likely N-dealkylation sites (tertiary alicyclic amines) is 2. The van der Waals surface area contributed by atoms with Gasteiger partial charge in [0, 0.05) is 37.9 Å². The van der Waals surface area contributed by atoms with Crippen molar-refractivity contribution in [2.24, 2.45) is 12.8 Å². The molecule has 6 heteroatoms. The molecule has 2 aliphatic rings. The molecule has 0 radical (unpaired) electrons. The molecule has 2 fully saturated rings. The molecular formula is C15H25N5O. The summed E-state index contributed by atoms with van der Waals surface area (Å²) in [6.07, 6.45) is 4.91. The summed E-state index contributed by atoms with van der Waals surface area (Å²) in [6.45, 7) is 5.77. The smallest absolute Gasteiger partial charge is 0.257 e. The highest BCUT2D eigenvalue weighted by Crippen LogP contribution is 2.22. The average Bonchev–Trinajstić information content (AvgIpc) is 3.08. The predicted molar refractivity (Wildman–Crippen MR) is 81.0 cm³/mol. The fraction of sp³-hybridized carbons (Fsp3) is 0.733. The topological polar surface area (TPSA) is 67.4 Å². The average molecular weight is 291 g/mol. The van der Waals surface area contributed by atoms with Crippen molar-refractivity contribution in [2.75, 3.05) is 26.2 Å². The third-order valence-corrected chi connectivity index (χ3v) is 5.01. The largest absolute Gasteiger partial charge is 0.337 e. The lowest BCUT2D eigenvalue weighted by Crippen LogP contribution is -2.46. The fourth-order valence-electron chi connectivity index (χ4n) is 3.39. The van der Waals surface area contributed by atoms with Gasteiger partial charge in [0.2, 0.25) is 0 Å². The second kappa shape index (κ2) is 5.77. The van der Waals surface area contributed by atoms with E-state index in [2.05, 4.69) is 10.00 Å². The number of piperidine rings is 1. The Morgan fingerprint density at radius 2 is 2.00 bits per heavy atom. The van der Waals surface area contributed by atoms with E-state index in [0.717, 1.165) is 56.7 Å². The van der Waals surface area contributed by atoms with Gasteiger partial charge in [0.1, 0.15) is 0 Å². The van der Waals surface area contributed by atoms with Gasteiger partial charge in [-0.2, -0.15) is 5.10 Å². The molecule has 3 heterocycles. The maximum atomic E-state index is 12.6. The molecule has 1 aromatic heterocycles. The van der Waals surface area contributed by atoms with Crippen molar-refractivity contribution >= 4 is 5.91 Å². The lowest BCUT2D eigenvalue weighted by atomic mass is 10.0. The van der Waals surface area contributed by atoms with Crippen LogP contribution in [0.4, 0.5) is 0 Å². The Balaban J connectivity index is 1.62. The normalized spacial score (nSPS) is 24.7. The van der Waals surface area contributed by atoms with Crippen molar-refractivity contribution < 1.29 is 4.79 Å². The third kappa shape index (κ3) is 2.82. The number of nitrogens with two attached hydrogens (primary N) is 1. The van der Waals surface area contributed by atoms with E-state index in [-0.39, 0.29) is 5.91 Å². The van der Waals surface area contributed by atoms with Crippen LogP contribution < -0.4 is 5.73 Å². The minimum atomic E-state index is 0.122. The Kier molecular flexibility index (Phi) is 3.99. The summed E-state index contributed by atoms with van der Waals surface area (Å²) in [5.74, 6) is 0.122. The van der Waals surface area contributed by atoms with Crippen LogP contribution >= 0.6 is 0 Å². The molecule has 1 amide bonds. The Morgan fingerprint density at radius 1 is 1.29 bits per heavy atom. The highest BCUT2D eigenvalue weighted by atomic mass is 16.2. The first-order valence-electron chi connectivity index (χ1n) is 7.83. The van der Waals surface area contributed by atoms with Gasteiger partial charge in [-0.25, -0.2) is 0 Å². The predicted octanol–water partition coefficient (Wildman–Crippen LogP) is 0.366. The summed E-state index contributed by atoms with van der Waals surface area (Å²) >= 11 is 0. The van der Waals surface area contributed by atoms with Crippen molar-refractivity contribution in [3.05, 3.63) is 17.5 Å². The molecule has 2 N–H and O–H groups in total. The minimum Gasteiger partial charge on any atom is -0.337 e. The summed E-state index contributed by atoms with van der Waals surface area (Å²) in [5.41, 5.74) is 7.64.